The lowest BCUT2D eigenvalue weighted by Gasteiger charge is -2.41. The van der Waals surface area contributed by atoms with Gasteiger partial charge in [0.15, 0.2) is 5.79 Å². The first-order valence-corrected chi connectivity index (χ1v) is 13.5. The Labute approximate surface area is 212 Å². The molecule has 0 unspecified atom stereocenters. The van der Waals surface area contributed by atoms with Gasteiger partial charge in [0.2, 0.25) is 0 Å². The average Bonchev–Trinajstić information content (AvgIpc) is 3.17. The number of carbonyl (C=O) groups excluding carboxylic acids is 1. The van der Waals surface area contributed by atoms with Crippen LogP contribution in [0.1, 0.15) is 98.8 Å². The molecule has 3 rings (SSSR count). The molecule has 0 bridgehead atoms. The standard InChI is InChI=1S/C30H46O5/c1-7-24-14-15-25-22(11-10-17-29(24,25)6)12-13-23-19-30(33,20-26(31)21(23)4)34-18-16-27(32)35-28(5,8-2)9-3/h12-14,25-26,31,33H,4,7-11,15-20H2,1-3,5-6H3/t25-,26-,29+,30-/m0/s1. The van der Waals surface area contributed by atoms with Gasteiger partial charge in [-0.2, -0.15) is 0 Å². The number of esters is 1. The smallest absolute Gasteiger partial charge is 0.308 e. The van der Waals surface area contributed by atoms with Crippen molar-refractivity contribution in [2.45, 2.75) is 116 Å². The highest BCUT2D eigenvalue weighted by Crippen LogP contribution is 2.55. The molecule has 196 valence electrons. The summed E-state index contributed by atoms with van der Waals surface area (Å²) in [5.41, 5.74) is 4.25. The molecule has 5 nitrogen and oxygen atoms in total. The fraction of sp³-hybridized carbons (Fsp3) is 0.700. The molecule has 2 N–H and O–H groups in total. The number of aliphatic hydroxyl groups is 2. The first-order chi connectivity index (χ1) is 16.5. The van der Waals surface area contributed by atoms with Gasteiger partial charge in [-0.3, -0.25) is 4.79 Å². The monoisotopic (exact) mass is 486 g/mol. The minimum atomic E-state index is -1.53. The topological polar surface area (TPSA) is 76.0 Å². The highest BCUT2D eigenvalue weighted by Gasteiger charge is 2.44. The maximum Gasteiger partial charge on any atom is 0.308 e. The molecule has 0 saturated heterocycles. The number of carbonyl (C=O) groups is 1. The van der Waals surface area contributed by atoms with Crippen molar-refractivity contribution in [3.8, 4) is 0 Å². The van der Waals surface area contributed by atoms with Gasteiger partial charge in [-0.15, -0.1) is 0 Å². The van der Waals surface area contributed by atoms with Crippen LogP contribution in [0.4, 0.5) is 0 Å². The Morgan fingerprint density at radius 1 is 1.29 bits per heavy atom. The first-order valence-electron chi connectivity index (χ1n) is 13.5. The lowest BCUT2D eigenvalue weighted by atomic mass is 9.64. The van der Waals surface area contributed by atoms with Crippen molar-refractivity contribution in [2.75, 3.05) is 6.61 Å². The molecule has 4 atom stereocenters. The number of aliphatic hydroxyl groups excluding tert-OH is 1. The van der Waals surface area contributed by atoms with Crippen LogP contribution in [0.5, 0.6) is 0 Å². The molecule has 35 heavy (non-hydrogen) atoms. The Hall–Kier alpha value is -1.69. The van der Waals surface area contributed by atoms with E-state index < -0.39 is 17.5 Å². The van der Waals surface area contributed by atoms with Gasteiger partial charge in [0, 0.05) is 12.8 Å². The normalized spacial score (nSPS) is 33.7. The van der Waals surface area contributed by atoms with E-state index in [2.05, 4.69) is 32.6 Å². The van der Waals surface area contributed by atoms with Crippen molar-refractivity contribution >= 4 is 5.97 Å². The number of allylic oxidation sites excluding steroid dienone is 5. The molecule has 3 aliphatic rings. The van der Waals surface area contributed by atoms with Gasteiger partial charge < -0.3 is 19.7 Å². The quantitative estimate of drug-likeness (QED) is 0.227. The zero-order valence-corrected chi connectivity index (χ0v) is 22.5. The minimum absolute atomic E-state index is 0.0400. The van der Waals surface area contributed by atoms with Crippen molar-refractivity contribution in [1.29, 1.82) is 0 Å². The summed E-state index contributed by atoms with van der Waals surface area (Å²) in [6.45, 7) is 14.7. The summed E-state index contributed by atoms with van der Waals surface area (Å²) < 4.78 is 11.4. The molecule has 2 saturated carbocycles. The van der Waals surface area contributed by atoms with Crippen molar-refractivity contribution in [1.82, 2.24) is 0 Å². The fourth-order valence-electron chi connectivity index (χ4n) is 6.10. The molecule has 0 spiro atoms. The zero-order valence-electron chi connectivity index (χ0n) is 22.5. The van der Waals surface area contributed by atoms with E-state index in [-0.39, 0.29) is 37.3 Å². The molecule has 5 heteroatoms. The number of hydrogen-bond acceptors (Lipinski definition) is 5. The van der Waals surface area contributed by atoms with Crippen LogP contribution < -0.4 is 0 Å². The summed E-state index contributed by atoms with van der Waals surface area (Å²) in [4.78, 5) is 12.3. The number of fused-ring (bicyclic) bond motifs is 1. The van der Waals surface area contributed by atoms with Crippen LogP contribution in [0.3, 0.4) is 0 Å². The fourth-order valence-corrected chi connectivity index (χ4v) is 6.10. The Kier molecular flexibility index (Phi) is 8.88. The van der Waals surface area contributed by atoms with Gasteiger partial charge in [-0.1, -0.05) is 63.6 Å². The van der Waals surface area contributed by atoms with Crippen LogP contribution in [0.2, 0.25) is 0 Å². The first kappa shape index (κ1) is 27.9. The van der Waals surface area contributed by atoms with Crippen molar-refractivity contribution < 1.29 is 24.5 Å². The third kappa shape index (κ3) is 6.18. The predicted molar refractivity (Wildman–Crippen MR) is 140 cm³/mol. The van der Waals surface area contributed by atoms with Gasteiger partial charge in [-0.05, 0) is 74.3 Å². The molecule has 0 aromatic rings. The Balaban J connectivity index is 1.66. The number of hydrogen-bond donors (Lipinski definition) is 2. The predicted octanol–water partition coefficient (Wildman–Crippen LogP) is 6.31. The lowest BCUT2D eigenvalue weighted by Crippen LogP contribution is -2.42. The zero-order chi connectivity index (χ0) is 25.9. The molecule has 2 fully saturated rings. The molecule has 0 heterocycles. The molecule has 3 aliphatic carbocycles. The van der Waals surface area contributed by atoms with Crippen LogP contribution in [-0.2, 0) is 14.3 Å². The van der Waals surface area contributed by atoms with E-state index in [4.69, 9.17) is 9.47 Å². The van der Waals surface area contributed by atoms with E-state index in [9.17, 15) is 15.0 Å². The van der Waals surface area contributed by atoms with Gasteiger partial charge in [-0.25, -0.2) is 0 Å². The van der Waals surface area contributed by atoms with Crippen molar-refractivity contribution in [3.05, 3.63) is 47.1 Å². The summed E-state index contributed by atoms with van der Waals surface area (Å²) in [6.07, 6.45) is 13.3. The SMILES string of the molecule is C=C1C(=CC=C2CCC[C@]3(C)C(CC)=CC[C@@H]23)C[C@](O)(OCCC(=O)OC(C)(CC)CC)C[C@@H]1O. The van der Waals surface area contributed by atoms with E-state index in [1.54, 1.807) is 5.57 Å². The summed E-state index contributed by atoms with van der Waals surface area (Å²) >= 11 is 0. The Morgan fingerprint density at radius 2 is 2.00 bits per heavy atom. The molecule has 0 aliphatic heterocycles. The van der Waals surface area contributed by atoms with Crippen molar-refractivity contribution in [2.24, 2.45) is 11.3 Å². The van der Waals surface area contributed by atoms with Crippen LogP contribution in [0.15, 0.2) is 47.1 Å². The van der Waals surface area contributed by atoms with E-state index in [0.29, 0.717) is 11.5 Å². The van der Waals surface area contributed by atoms with Gasteiger partial charge in [0.25, 0.3) is 0 Å². The summed E-state index contributed by atoms with van der Waals surface area (Å²) in [5, 5.41) is 21.7. The van der Waals surface area contributed by atoms with Crippen LogP contribution in [0.25, 0.3) is 0 Å². The Bertz CT molecular complexity index is 892. The number of rotatable bonds is 9. The maximum absolute atomic E-state index is 12.3. The summed E-state index contributed by atoms with van der Waals surface area (Å²) in [5.74, 6) is -1.34. The maximum atomic E-state index is 12.3. The molecule has 0 aromatic heterocycles. The molecular formula is C30H46O5. The summed E-state index contributed by atoms with van der Waals surface area (Å²) in [7, 11) is 0. The highest BCUT2D eigenvalue weighted by molar-refractivity contribution is 5.70. The van der Waals surface area contributed by atoms with E-state index >= 15 is 0 Å². The van der Waals surface area contributed by atoms with E-state index in [0.717, 1.165) is 37.7 Å². The second-order valence-electron chi connectivity index (χ2n) is 11.2. The van der Waals surface area contributed by atoms with Crippen LogP contribution in [0, 0.1) is 11.3 Å². The van der Waals surface area contributed by atoms with Gasteiger partial charge in [0.05, 0.1) is 19.1 Å². The average molecular weight is 487 g/mol. The van der Waals surface area contributed by atoms with Gasteiger partial charge >= 0.3 is 5.97 Å². The van der Waals surface area contributed by atoms with Crippen LogP contribution in [-0.4, -0.2) is 40.3 Å². The lowest BCUT2D eigenvalue weighted by molar-refractivity contribution is -0.222. The minimum Gasteiger partial charge on any atom is -0.459 e. The molecule has 0 amide bonds. The largest absolute Gasteiger partial charge is 0.459 e. The highest BCUT2D eigenvalue weighted by atomic mass is 16.6. The van der Waals surface area contributed by atoms with E-state index in [1.165, 1.54) is 18.4 Å². The molecular weight excluding hydrogens is 440 g/mol. The Morgan fingerprint density at radius 3 is 2.66 bits per heavy atom. The second kappa shape index (κ2) is 11.1. The third-order valence-corrected chi connectivity index (χ3v) is 8.92. The molecule has 0 radical (unpaired) electrons. The number of ether oxygens (including phenoxy) is 2. The molecule has 0 aromatic carbocycles. The second-order valence-corrected chi connectivity index (χ2v) is 11.2. The van der Waals surface area contributed by atoms with Crippen LogP contribution >= 0.6 is 0 Å². The van der Waals surface area contributed by atoms with Crippen molar-refractivity contribution in [3.63, 3.8) is 0 Å². The summed E-state index contributed by atoms with van der Waals surface area (Å²) in [6, 6.07) is 0. The third-order valence-electron chi connectivity index (χ3n) is 8.92. The van der Waals surface area contributed by atoms with E-state index in [1.807, 2.05) is 26.8 Å². The van der Waals surface area contributed by atoms with Gasteiger partial charge in [0.1, 0.15) is 5.60 Å².